The molecular weight excluding hydrogens is 306 g/mol. The van der Waals surface area contributed by atoms with Crippen LogP contribution >= 0.6 is 0 Å². The van der Waals surface area contributed by atoms with Crippen LogP contribution in [0.1, 0.15) is 32.8 Å². The largest absolute Gasteiger partial charge is 0.497 e. The van der Waals surface area contributed by atoms with Crippen LogP contribution in [0, 0.1) is 6.57 Å². The summed E-state index contributed by atoms with van der Waals surface area (Å²) in [4.78, 5) is 17.5. The molecule has 1 fully saturated rings. The molecule has 6 heteroatoms. The van der Waals surface area contributed by atoms with Crippen molar-refractivity contribution in [3.05, 3.63) is 41.2 Å². The zero-order valence-corrected chi connectivity index (χ0v) is 14.8. The van der Waals surface area contributed by atoms with Gasteiger partial charge in [0.15, 0.2) is 0 Å². The van der Waals surface area contributed by atoms with Gasteiger partial charge in [-0.25, -0.2) is 16.7 Å². The van der Waals surface area contributed by atoms with Gasteiger partial charge in [-0.15, -0.1) is 0 Å². The second-order valence-corrected chi connectivity index (χ2v) is 7.00. The summed E-state index contributed by atoms with van der Waals surface area (Å²) in [5, 5.41) is 3.30. The number of likely N-dealkylation sites (tertiary alicyclic amines) is 1. The fourth-order valence-corrected chi connectivity index (χ4v) is 2.56. The van der Waals surface area contributed by atoms with Gasteiger partial charge >= 0.3 is 11.8 Å². The van der Waals surface area contributed by atoms with Crippen LogP contribution in [0.5, 0.6) is 5.75 Å². The molecule has 1 aromatic rings. The summed E-state index contributed by atoms with van der Waals surface area (Å²) in [7, 11) is 1.63. The van der Waals surface area contributed by atoms with Crippen LogP contribution in [0.4, 0.5) is 4.79 Å². The third-order valence-electron chi connectivity index (χ3n) is 3.89. The van der Waals surface area contributed by atoms with E-state index >= 15 is 0 Å². The standard InChI is InChI=1S/C18H25N3O3/c1-17(2,3)24-16(22)21-11-10-18(13-21,19-4)20-12-14-6-8-15(23-5)9-7-14/h6-9,20H,10-13H2,1-3,5H3. The Hall–Kier alpha value is -2.26. The normalized spacial score (nSPS) is 20.5. The van der Waals surface area contributed by atoms with Crippen molar-refractivity contribution in [1.82, 2.24) is 10.2 Å². The molecule has 1 amide bonds. The second kappa shape index (κ2) is 7.10. The highest BCUT2D eigenvalue weighted by molar-refractivity contribution is 5.68. The van der Waals surface area contributed by atoms with Crippen LogP contribution in [0.25, 0.3) is 4.85 Å². The molecule has 1 atom stereocenters. The van der Waals surface area contributed by atoms with Gasteiger partial charge in [0.1, 0.15) is 17.9 Å². The first-order valence-corrected chi connectivity index (χ1v) is 8.01. The van der Waals surface area contributed by atoms with E-state index in [1.165, 1.54) is 0 Å². The number of hydrogen-bond donors (Lipinski definition) is 1. The Kier molecular flexibility index (Phi) is 5.35. The molecule has 1 heterocycles. The average molecular weight is 331 g/mol. The molecule has 24 heavy (non-hydrogen) atoms. The lowest BCUT2D eigenvalue weighted by Crippen LogP contribution is -2.45. The summed E-state index contributed by atoms with van der Waals surface area (Å²) in [5.41, 5.74) is -0.220. The van der Waals surface area contributed by atoms with E-state index in [-0.39, 0.29) is 6.09 Å². The molecule has 0 bridgehead atoms. The molecule has 1 aliphatic heterocycles. The highest BCUT2D eigenvalue weighted by atomic mass is 16.6. The highest BCUT2D eigenvalue weighted by Gasteiger charge is 2.46. The molecular formula is C18H25N3O3. The number of carbonyl (C=O) groups is 1. The van der Waals surface area contributed by atoms with Gasteiger partial charge in [0.2, 0.25) is 0 Å². The minimum absolute atomic E-state index is 0.335. The Labute approximate surface area is 143 Å². The Morgan fingerprint density at radius 3 is 2.58 bits per heavy atom. The van der Waals surface area contributed by atoms with Crippen LogP contribution < -0.4 is 10.1 Å². The fourth-order valence-electron chi connectivity index (χ4n) is 2.56. The lowest BCUT2D eigenvalue weighted by Gasteiger charge is -2.24. The SMILES string of the molecule is [C-]#[N+]C1(NCc2ccc(OC)cc2)CCN(C(=O)OC(C)(C)C)C1. The number of nitrogens with zero attached hydrogens (tertiary/aromatic N) is 2. The van der Waals surface area contributed by atoms with Crippen molar-refractivity contribution in [1.29, 1.82) is 0 Å². The summed E-state index contributed by atoms with van der Waals surface area (Å²) in [5.74, 6) is 0.801. The number of rotatable bonds is 4. The van der Waals surface area contributed by atoms with Gasteiger partial charge < -0.3 is 9.47 Å². The number of nitrogens with one attached hydrogen (secondary N) is 1. The second-order valence-electron chi connectivity index (χ2n) is 7.00. The van der Waals surface area contributed by atoms with Crippen molar-refractivity contribution in [2.75, 3.05) is 20.2 Å². The molecule has 1 saturated heterocycles. The lowest BCUT2D eigenvalue weighted by molar-refractivity contribution is 0.0285. The number of carbonyl (C=O) groups excluding carboxylic acids is 1. The summed E-state index contributed by atoms with van der Waals surface area (Å²) in [6.07, 6.45) is 0.227. The van der Waals surface area contributed by atoms with Gasteiger partial charge in [-0.1, -0.05) is 12.1 Å². The van der Waals surface area contributed by atoms with Gasteiger partial charge in [-0.05, 0) is 38.5 Å². The maximum Gasteiger partial charge on any atom is 0.410 e. The van der Waals surface area contributed by atoms with E-state index in [0.29, 0.717) is 26.1 Å². The molecule has 1 aliphatic rings. The molecule has 1 aromatic carbocycles. The number of amides is 1. The molecule has 0 radical (unpaired) electrons. The van der Waals surface area contributed by atoms with E-state index in [2.05, 4.69) is 10.2 Å². The molecule has 1 unspecified atom stereocenters. The van der Waals surface area contributed by atoms with Crippen molar-refractivity contribution in [3.8, 4) is 5.75 Å². The van der Waals surface area contributed by atoms with Crippen LogP contribution in [0.15, 0.2) is 24.3 Å². The Bertz CT molecular complexity index is 616. The fraction of sp³-hybridized carbons (Fsp3) is 0.556. The quantitative estimate of drug-likeness (QED) is 0.862. The van der Waals surface area contributed by atoms with Gasteiger partial charge in [-0.3, -0.25) is 9.74 Å². The Morgan fingerprint density at radius 2 is 2.04 bits per heavy atom. The van der Waals surface area contributed by atoms with Crippen LogP contribution in [0.3, 0.4) is 0 Å². The molecule has 1 N–H and O–H groups in total. The van der Waals surface area contributed by atoms with E-state index in [9.17, 15) is 4.79 Å². The molecule has 2 rings (SSSR count). The van der Waals surface area contributed by atoms with E-state index in [1.54, 1.807) is 12.0 Å². The molecule has 0 saturated carbocycles. The molecule has 130 valence electrons. The van der Waals surface area contributed by atoms with E-state index in [0.717, 1.165) is 11.3 Å². The predicted molar refractivity (Wildman–Crippen MR) is 91.6 cm³/mol. The van der Waals surface area contributed by atoms with Crippen molar-refractivity contribution in [2.24, 2.45) is 0 Å². The number of ether oxygens (including phenoxy) is 2. The summed E-state index contributed by atoms with van der Waals surface area (Å²) in [6.45, 7) is 14.5. The monoisotopic (exact) mass is 331 g/mol. The smallest absolute Gasteiger partial charge is 0.410 e. The number of hydrogen-bond acceptors (Lipinski definition) is 4. The minimum Gasteiger partial charge on any atom is -0.497 e. The predicted octanol–water partition coefficient (Wildman–Crippen LogP) is 3.04. The summed E-state index contributed by atoms with van der Waals surface area (Å²) < 4.78 is 10.5. The van der Waals surface area contributed by atoms with Crippen molar-refractivity contribution < 1.29 is 14.3 Å². The zero-order chi connectivity index (χ0) is 17.8. The zero-order valence-electron chi connectivity index (χ0n) is 14.8. The van der Waals surface area contributed by atoms with Gasteiger partial charge in [0.05, 0.1) is 13.5 Å². The van der Waals surface area contributed by atoms with Crippen molar-refractivity contribution in [2.45, 2.75) is 45.0 Å². The van der Waals surface area contributed by atoms with Gasteiger partial charge in [-0.2, -0.15) is 0 Å². The van der Waals surface area contributed by atoms with E-state index < -0.39 is 11.3 Å². The Balaban J connectivity index is 1.95. The van der Waals surface area contributed by atoms with Crippen molar-refractivity contribution >= 4 is 6.09 Å². The maximum atomic E-state index is 12.2. The summed E-state index contributed by atoms with van der Waals surface area (Å²) in [6, 6.07) is 7.71. The summed E-state index contributed by atoms with van der Waals surface area (Å²) >= 11 is 0. The third kappa shape index (κ3) is 4.62. The topological polar surface area (TPSA) is 55.2 Å². The molecule has 6 nitrogen and oxygen atoms in total. The van der Waals surface area contributed by atoms with Gasteiger partial charge in [0.25, 0.3) is 0 Å². The first-order chi connectivity index (χ1) is 11.3. The minimum atomic E-state index is -0.753. The first kappa shape index (κ1) is 18.1. The van der Waals surface area contributed by atoms with Gasteiger partial charge in [0, 0.05) is 13.1 Å². The van der Waals surface area contributed by atoms with Crippen molar-refractivity contribution in [3.63, 3.8) is 0 Å². The molecule has 0 aromatic heterocycles. The number of benzene rings is 1. The molecule has 0 spiro atoms. The number of methoxy groups -OCH3 is 1. The van der Waals surface area contributed by atoms with Crippen LogP contribution in [0.2, 0.25) is 0 Å². The maximum absolute atomic E-state index is 12.2. The average Bonchev–Trinajstić information content (AvgIpc) is 2.97. The first-order valence-electron chi connectivity index (χ1n) is 8.01. The van der Waals surface area contributed by atoms with E-state index in [1.807, 2.05) is 45.0 Å². The lowest BCUT2D eigenvalue weighted by atomic mass is 10.1. The highest BCUT2D eigenvalue weighted by Crippen LogP contribution is 2.25. The Morgan fingerprint density at radius 1 is 1.38 bits per heavy atom. The third-order valence-corrected chi connectivity index (χ3v) is 3.89. The molecule has 0 aliphatic carbocycles. The van der Waals surface area contributed by atoms with Crippen LogP contribution in [-0.4, -0.2) is 42.5 Å². The van der Waals surface area contributed by atoms with E-state index in [4.69, 9.17) is 16.0 Å². The van der Waals surface area contributed by atoms with Crippen LogP contribution in [-0.2, 0) is 11.3 Å².